The lowest BCUT2D eigenvalue weighted by atomic mass is 9.83. The summed E-state index contributed by atoms with van der Waals surface area (Å²) >= 11 is 0. The van der Waals surface area contributed by atoms with Crippen molar-refractivity contribution in [1.82, 2.24) is 25.1 Å². The average molecular weight is 316 g/mol. The Balaban J connectivity index is 1.44. The maximum atomic E-state index is 5.51. The molecule has 124 valence electrons. The van der Waals surface area contributed by atoms with E-state index >= 15 is 0 Å². The number of hydrogen-bond donors (Lipinski definition) is 2. The Morgan fingerprint density at radius 2 is 2.09 bits per heavy atom. The Hall–Kier alpha value is -1.73. The van der Waals surface area contributed by atoms with Crippen LogP contribution in [-0.2, 0) is 4.74 Å². The molecule has 23 heavy (non-hydrogen) atoms. The molecular formula is C16H24N6O. The molecule has 1 saturated carbocycles. The SMILES string of the molecule is c1nc(NC[C@@H]2CCCC[C@@H]2N2CCOCC2)c2cn[nH]c2n1. The molecule has 1 aliphatic carbocycles. The van der Waals surface area contributed by atoms with E-state index in [1.807, 2.05) is 0 Å². The highest BCUT2D eigenvalue weighted by atomic mass is 16.5. The fourth-order valence-electron chi connectivity index (χ4n) is 3.95. The smallest absolute Gasteiger partial charge is 0.160 e. The van der Waals surface area contributed by atoms with E-state index in [4.69, 9.17) is 4.74 Å². The first-order valence-electron chi connectivity index (χ1n) is 8.61. The number of rotatable bonds is 4. The molecule has 4 rings (SSSR count). The van der Waals surface area contributed by atoms with Crippen molar-refractivity contribution in [3.63, 3.8) is 0 Å². The first-order chi connectivity index (χ1) is 11.4. The van der Waals surface area contributed by atoms with Crippen LogP contribution in [0.4, 0.5) is 5.82 Å². The number of morpholine rings is 1. The first-order valence-corrected chi connectivity index (χ1v) is 8.61. The summed E-state index contributed by atoms with van der Waals surface area (Å²) < 4.78 is 5.51. The van der Waals surface area contributed by atoms with Crippen molar-refractivity contribution < 1.29 is 4.74 Å². The van der Waals surface area contributed by atoms with Crippen LogP contribution in [0.25, 0.3) is 11.0 Å². The van der Waals surface area contributed by atoms with E-state index in [1.54, 1.807) is 12.5 Å². The normalized spacial score (nSPS) is 26.4. The molecule has 2 N–H and O–H groups in total. The molecule has 0 radical (unpaired) electrons. The average Bonchev–Trinajstić information content (AvgIpc) is 3.10. The minimum absolute atomic E-state index is 0.666. The van der Waals surface area contributed by atoms with Gasteiger partial charge in [-0.15, -0.1) is 0 Å². The molecule has 2 aromatic rings. The van der Waals surface area contributed by atoms with E-state index in [-0.39, 0.29) is 0 Å². The van der Waals surface area contributed by atoms with Gasteiger partial charge in [0.1, 0.15) is 12.1 Å². The molecule has 2 aliphatic rings. The van der Waals surface area contributed by atoms with Crippen LogP contribution >= 0.6 is 0 Å². The summed E-state index contributed by atoms with van der Waals surface area (Å²) in [6.07, 6.45) is 8.64. The molecule has 0 spiro atoms. The summed E-state index contributed by atoms with van der Waals surface area (Å²) in [4.78, 5) is 11.2. The number of anilines is 1. The van der Waals surface area contributed by atoms with Crippen molar-refractivity contribution in [3.05, 3.63) is 12.5 Å². The molecule has 3 heterocycles. The summed E-state index contributed by atoms with van der Waals surface area (Å²) in [6.45, 7) is 4.84. The van der Waals surface area contributed by atoms with Gasteiger partial charge in [0, 0.05) is 25.7 Å². The quantitative estimate of drug-likeness (QED) is 0.893. The van der Waals surface area contributed by atoms with E-state index in [0.29, 0.717) is 12.0 Å². The lowest BCUT2D eigenvalue weighted by Crippen LogP contribution is -2.49. The Kier molecular flexibility index (Phi) is 4.39. The van der Waals surface area contributed by atoms with Gasteiger partial charge in [-0.3, -0.25) is 10.00 Å². The van der Waals surface area contributed by atoms with Gasteiger partial charge in [0.05, 0.1) is 24.8 Å². The highest BCUT2D eigenvalue weighted by Gasteiger charge is 2.31. The molecule has 7 nitrogen and oxygen atoms in total. The van der Waals surface area contributed by atoms with Crippen molar-refractivity contribution in [1.29, 1.82) is 0 Å². The summed E-state index contributed by atoms with van der Waals surface area (Å²) in [6, 6.07) is 0.668. The van der Waals surface area contributed by atoms with Crippen LogP contribution in [0.15, 0.2) is 12.5 Å². The number of ether oxygens (including phenoxy) is 1. The van der Waals surface area contributed by atoms with Gasteiger partial charge in [0.15, 0.2) is 5.65 Å². The van der Waals surface area contributed by atoms with Crippen molar-refractivity contribution in [3.8, 4) is 0 Å². The molecule has 2 aromatic heterocycles. The Bertz CT molecular complexity index is 638. The van der Waals surface area contributed by atoms with Crippen LogP contribution in [0.1, 0.15) is 25.7 Å². The van der Waals surface area contributed by atoms with Crippen LogP contribution in [0, 0.1) is 5.92 Å². The molecule has 1 aliphatic heterocycles. The van der Waals surface area contributed by atoms with E-state index in [1.165, 1.54) is 25.7 Å². The minimum atomic E-state index is 0.666. The number of nitrogens with one attached hydrogen (secondary N) is 2. The van der Waals surface area contributed by atoms with Gasteiger partial charge in [0.25, 0.3) is 0 Å². The van der Waals surface area contributed by atoms with Crippen LogP contribution in [-0.4, -0.2) is 64.0 Å². The van der Waals surface area contributed by atoms with Gasteiger partial charge < -0.3 is 10.1 Å². The zero-order chi connectivity index (χ0) is 15.5. The molecule has 0 amide bonds. The monoisotopic (exact) mass is 316 g/mol. The number of fused-ring (bicyclic) bond motifs is 1. The van der Waals surface area contributed by atoms with Gasteiger partial charge in [-0.25, -0.2) is 9.97 Å². The molecule has 1 saturated heterocycles. The minimum Gasteiger partial charge on any atom is -0.379 e. The second-order valence-electron chi connectivity index (χ2n) is 6.50. The molecule has 7 heteroatoms. The standard InChI is InChI=1S/C16H24N6O/c1-2-4-14(22-5-7-23-8-6-22)12(3-1)9-17-15-13-10-20-21-16(13)19-11-18-15/h10-12,14H,1-9H2,(H2,17,18,19,20,21)/t12-,14-/m0/s1. The summed E-state index contributed by atoms with van der Waals surface area (Å²) in [5, 5.41) is 11.5. The molecule has 0 unspecified atom stereocenters. The fraction of sp³-hybridized carbons (Fsp3) is 0.688. The van der Waals surface area contributed by atoms with Crippen LogP contribution < -0.4 is 5.32 Å². The Morgan fingerprint density at radius 3 is 3.00 bits per heavy atom. The second kappa shape index (κ2) is 6.80. The highest BCUT2D eigenvalue weighted by molar-refractivity contribution is 5.85. The van der Waals surface area contributed by atoms with Crippen molar-refractivity contribution in [2.24, 2.45) is 5.92 Å². The number of nitrogens with zero attached hydrogens (tertiary/aromatic N) is 4. The molecule has 0 aromatic carbocycles. The van der Waals surface area contributed by atoms with Crippen molar-refractivity contribution >= 4 is 16.9 Å². The predicted octanol–water partition coefficient (Wildman–Crippen LogP) is 1.66. The number of aromatic amines is 1. The van der Waals surface area contributed by atoms with Crippen LogP contribution in [0.3, 0.4) is 0 Å². The third-order valence-electron chi connectivity index (χ3n) is 5.16. The third kappa shape index (κ3) is 3.16. The molecular weight excluding hydrogens is 292 g/mol. The van der Waals surface area contributed by atoms with E-state index in [9.17, 15) is 0 Å². The van der Waals surface area contributed by atoms with Gasteiger partial charge in [-0.05, 0) is 18.8 Å². The zero-order valence-corrected chi connectivity index (χ0v) is 13.4. The molecule has 2 atom stereocenters. The molecule has 2 fully saturated rings. The number of H-pyrrole nitrogens is 1. The lowest BCUT2D eigenvalue weighted by Gasteiger charge is -2.41. The van der Waals surface area contributed by atoms with Gasteiger partial charge in [-0.2, -0.15) is 5.10 Å². The highest BCUT2D eigenvalue weighted by Crippen LogP contribution is 2.29. The summed E-state index contributed by atoms with van der Waals surface area (Å²) in [7, 11) is 0. The lowest BCUT2D eigenvalue weighted by molar-refractivity contribution is -0.00540. The molecule has 0 bridgehead atoms. The maximum Gasteiger partial charge on any atom is 0.160 e. The van der Waals surface area contributed by atoms with Gasteiger partial charge in [-0.1, -0.05) is 12.8 Å². The first kappa shape index (κ1) is 14.8. The Labute approximate surface area is 135 Å². The largest absolute Gasteiger partial charge is 0.379 e. The van der Waals surface area contributed by atoms with E-state index in [0.717, 1.165) is 49.7 Å². The van der Waals surface area contributed by atoms with E-state index < -0.39 is 0 Å². The fourth-order valence-corrected chi connectivity index (χ4v) is 3.95. The van der Waals surface area contributed by atoms with Crippen molar-refractivity contribution in [2.75, 3.05) is 38.2 Å². The second-order valence-corrected chi connectivity index (χ2v) is 6.50. The Morgan fingerprint density at radius 1 is 1.22 bits per heavy atom. The maximum absolute atomic E-state index is 5.51. The van der Waals surface area contributed by atoms with Crippen LogP contribution in [0.5, 0.6) is 0 Å². The topological polar surface area (TPSA) is 79.0 Å². The summed E-state index contributed by atoms with van der Waals surface area (Å²) in [5.74, 6) is 1.55. The van der Waals surface area contributed by atoms with Gasteiger partial charge >= 0.3 is 0 Å². The zero-order valence-electron chi connectivity index (χ0n) is 13.4. The van der Waals surface area contributed by atoms with E-state index in [2.05, 4.69) is 30.4 Å². The van der Waals surface area contributed by atoms with Gasteiger partial charge in [0.2, 0.25) is 0 Å². The van der Waals surface area contributed by atoms with Crippen LogP contribution in [0.2, 0.25) is 0 Å². The number of hydrogen-bond acceptors (Lipinski definition) is 6. The third-order valence-corrected chi connectivity index (χ3v) is 5.16. The summed E-state index contributed by atoms with van der Waals surface area (Å²) in [5.41, 5.74) is 0.788. The van der Waals surface area contributed by atoms with Crippen molar-refractivity contribution in [2.45, 2.75) is 31.7 Å². The number of aromatic nitrogens is 4. The predicted molar refractivity (Wildman–Crippen MR) is 88.3 cm³/mol.